The number of carbonyl (C=O) groups is 1. The molecule has 6 nitrogen and oxygen atoms in total. The molecule has 3 atom stereocenters. The van der Waals surface area contributed by atoms with E-state index in [9.17, 15) is 13.6 Å². The van der Waals surface area contributed by atoms with E-state index in [0.717, 1.165) is 51.4 Å². The Hall–Kier alpha value is -3.34. The number of carbonyl (C=O) groups excluding carboxylic acids is 1. The van der Waals surface area contributed by atoms with E-state index in [1.165, 1.54) is 12.1 Å². The second-order valence-electron chi connectivity index (χ2n) is 10.2. The molecule has 1 saturated carbocycles. The molecule has 1 amide bonds. The van der Waals surface area contributed by atoms with Crippen LogP contribution < -0.4 is 0 Å². The highest BCUT2D eigenvalue weighted by Crippen LogP contribution is 2.38. The van der Waals surface area contributed by atoms with Crippen molar-refractivity contribution in [3.8, 4) is 11.3 Å². The number of aromatic nitrogens is 3. The van der Waals surface area contributed by atoms with Gasteiger partial charge >= 0.3 is 0 Å². The van der Waals surface area contributed by atoms with Gasteiger partial charge in [0.05, 0.1) is 24.2 Å². The van der Waals surface area contributed by atoms with E-state index in [4.69, 9.17) is 6.57 Å². The van der Waals surface area contributed by atoms with Crippen molar-refractivity contribution in [3.05, 3.63) is 53.3 Å². The molecule has 0 radical (unpaired) electrons. The summed E-state index contributed by atoms with van der Waals surface area (Å²) in [6, 6.07) is 2.57. The first-order valence-corrected chi connectivity index (χ1v) is 12.4. The van der Waals surface area contributed by atoms with Crippen LogP contribution in [0.2, 0.25) is 0 Å². The summed E-state index contributed by atoms with van der Waals surface area (Å²) >= 11 is 0. The number of halogens is 2. The second kappa shape index (κ2) is 9.73. The van der Waals surface area contributed by atoms with Crippen molar-refractivity contribution in [1.29, 1.82) is 0 Å². The third kappa shape index (κ3) is 4.90. The first-order valence-electron chi connectivity index (χ1n) is 12.4. The van der Waals surface area contributed by atoms with Crippen LogP contribution in [0.4, 0.5) is 14.5 Å². The average Bonchev–Trinajstić information content (AvgIpc) is 3.46. The molecule has 2 fully saturated rings. The topological polar surface area (TPSA) is 66.2 Å². The highest BCUT2D eigenvalue weighted by molar-refractivity contribution is 5.95. The van der Waals surface area contributed by atoms with E-state index in [0.29, 0.717) is 52.7 Å². The Kier molecular flexibility index (Phi) is 6.50. The maximum atomic E-state index is 15.0. The monoisotopic (exact) mass is 477 g/mol. The van der Waals surface area contributed by atoms with E-state index in [2.05, 4.69) is 26.7 Å². The summed E-state index contributed by atoms with van der Waals surface area (Å²) in [7, 11) is 0. The van der Waals surface area contributed by atoms with E-state index in [1.54, 1.807) is 6.20 Å². The number of nitrogens with one attached hydrogen (secondary N) is 1. The number of hydrogen-bond acceptors (Lipinski definition) is 3. The van der Waals surface area contributed by atoms with Gasteiger partial charge in [-0.25, -0.2) is 18.6 Å². The lowest BCUT2D eigenvalue weighted by Gasteiger charge is -2.30. The normalized spacial score (nSPS) is 22.5. The summed E-state index contributed by atoms with van der Waals surface area (Å²) in [5, 5.41) is 0.507. The highest BCUT2D eigenvalue weighted by Gasteiger charge is 2.29. The molecule has 1 saturated heterocycles. The number of aromatic amines is 1. The fourth-order valence-electron chi connectivity index (χ4n) is 5.70. The summed E-state index contributed by atoms with van der Waals surface area (Å²) in [5.41, 5.74) is 1.75. The second-order valence-corrected chi connectivity index (χ2v) is 10.2. The molecule has 0 aromatic carbocycles. The molecule has 1 aliphatic heterocycles. The summed E-state index contributed by atoms with van der Waals surface area (Å²) in [6.45, 7) is 11.4. The smallest absolute Gasteiger partial charge is 0.222 e. The number of rotatable bonds is 5. The largest absolute Gasteiger partial charge is 0.346 e. The third-order valence-electron chi connectivity index (χ3n) is 7.52. The van der Waals surface area contributed by atoms with Gasteiger partial charge in [-0.05, 0) is 55.6 Å². The van der Waals surface area contributed by atoms with E-state index < -0.39 is 11.6 Å². The third-order valence-corrected chi connectivity index (χ3v) is 7.52. The average molecular weight is 478 g/mol. The number of pyridine rings is 2. The van der Waals surface area contributed by atoms with Crippen molar-refractivity contribution < 1.29 is 13.6 Å². The molecule has 0 spiro atoms. The standard InChI is InChI=1S/C27H29F2N5O/c1-16-6-7-34(15-16)25(35)10-18-5-3-4-17(8-18)9-23-22(29)12-24(30-2)26(33-23)21-14-32-27-20(21)11-19(28)13-31-27/h11-14,16-18H,3-10,15H2,1H3,(H,31,32)/t16-,17-,18+/m0/s1. The Bertz CT molecular complexity index is 1300. The Morgan fingerprint density at radius 1 is 1.26 bits per heavy atom. The molecule has 2 aliphatic rings. The number of H-pyrrole nitrogens is 1. The van der Waals surface area contributed by atoms with Gasteiger partial charge in [-0.15, -0.1) is 0 Å². The zero-order valence-corrected chi connectivity index (χ0v) is 19.9. The van der Waals surface area contributed by atoms with Crippen molar-refractivity contribution in [2.24, 2.45) is 17.8 Å². The molecule has 3 aromatic heterocycles. The Morgan fingerprint density at radius 3 is 2.86 bits per heavy atom. The Morgan fingerprint density at radius 2 is 2.09 bits per heavy atom. The molecule has 0 bridgehead atoms. The van der Waals surface area contributed by atoms with Gasteiger partial charge in [0.1, 0.15) is 17.3 Å². The molecule has 182 valence electrons. The van der Waals surface area contributed by atoms with Gasteiger partial charge < -0.3 is 9.88 Å². The minimum atomic E-state index is -0.492. The predicted octanol–water partition coefficient (Wildman–Crippen LogP) is 6.06. The molecular weight excluding hydrogens is 448 g/mol. The van der Waals surface area contributed by atoms with Crippen LogP contribution in [0.25, 0.3) is 27.1 Å². The van der Waals surface area contributed by atoms with Gasteiger partial charge in [-0.3, -0.25) is 9.78 Å². The number of likely N-dealkylation sites (tertiary alicyclic amines) is 1. The fraction of sp³-hybridized carbons (Fsp3) is 0.481. The van der Waals surface area contributed by atoms with Crippen molar-refractivity contribution in [1.82, 2.24) is 19.9 Å². The zero-order chi connectivity index (χ0) is 24.5. The highest BCUT2D eigenvalue weighted by atomic mass is 19.1. The van der Waals surface area contributed by atoms with E-state index in [1.807, 2.05) is 4.90 Å². The first kappa shape index (κ1) is 23.4. The van der Waals surface area contributed by atoms with Crippen LogP contribution >= 0.6 is 0 Å². The summed E-state index contributed by atoms with van der Waals surface area (Å²) < 4.78 is 28.8. The van der Waals surface area contributed by atoms with E-state index >= 15 is 0 Å². The Labute approximate surface area is 203 Å². The van der Waals surface area contributed by atoms with E-state index in [-0.39, 0.29) is 17.5 Å². The molecule has 35 heavy (non-hydrogen) atoms. The van der Waals surface area contributed by atoms with Crippen LogP contribution in [-0.2, 0) is 11.2 Å². The van der Waals surface area contributed by atoms with Crippen LogP contribution in [0, 0.1) is 36.0 Å². The van der Waals surface area contributed by atoms with Crippen molar-refractivity contribution in [2.75, 3.05) is 13.1 Å². The van der Waals surface area contributed by atoms with Crippen LogP contribution in [0.3, 0.4) is 0 Å². The molecule has 3 aromatic rings. The van der Waals surface area contributed by atoms with Crippen LogP contribution in [0.5, 0.6) is 0 Å². The molecule has 5 rings (SSSR count). The van der Waals surface area contributed by atoms with Gasteiger partial charge in [-0.2, -0.15) is 0 Å². The maximum Gasteiger partial charge on any atom is 0.222 e. The van der Waals surface area contributed by atoms with Gasteiger partial charge in [0.25, 0.3) is 0 Å². The SMILES string of the molecule is [C-]#[N+]c1cc(F)c(C[C@H]2CCC[C@@H](CC(=O)N3CC[C@H](C)C3)C2)nc1-c1c[nH]c2ncc(F)cc12. The van der Waals surface area contributed by atoms with Gasteiger partial charge in [-0.1, -0.05) is 19.8 Å². The minimum Gasteiger partial charge on any atom is -0.346 e. The molecule has 8 heteroatoms. The quantitative estimate of drug-likeness (QED) is 0.454. The fourth-order valence-corrected chi connectivity index (χ4v) is 5.70. The van der Waals surface area contributed by atoms with Gasteiger partial charge in [0.15, 0.2) is 0 Å². The minimum absolute atomic E-state index is 0.0865. The lowest BCUT2D eigenvalue weighted by Crippen LogP contribution is -2.31. The van der Waals surface area contributed by atoms with Crippen molar-refractivity contribution >= 4 is 22.6 Å². The molecule has 0 unspecified atom stereocenters. The predicted molar refractivity (Wildman–Crippen MR) is 130 cm³/mol. The van der Waals surface area contributed by atoms with Crippen LogP contribution in [-0.4, -0.2) is 38.8 Å². The molecule has 1 N–H and O–H groups in total. The van der Waals surface area contributed by atoms with Crippen LogP contribution in [0.1, 0.15) is 51.1 Å². The summed E-state index contributed by atoms with van der Waals surface area (Å²) in [5.74, 6) is 0.376. The lowest BCUT2D eigenvalue weighted by molar-refractivity contribution is -0.131. The summed E-state index contributed by atoms with van der Waals surface area (Å²) in [6.07, 6.45) is 8.73. The number of hydrogen-bond donors (Lipinski definition) is 1. The van der Waals surface area contributed by atoms with Crippen molar-refractivity contribution in [2.45, 2.75) is 51.9 Å². The molecule has 1 aliphatic carbocycles. The number of amides is 1. The number of fused-ring (bicyclic) bond motifs is 1. The summed E-state index contributed by atoms with van der Waals surface area (Å²) in [4.78, 5) is 29.8. The first-order chi connectivity index (χ1) is 16.9. The Balaban J connectivity index is 1.35. The zero-order valence-electron chi connectivity index (χ0n) is 19.9. The lowest BCUT2D eigenvalue weighted by atomic mass is 9.77. The van der Waals surface area contributed by atoms with Crippen LogP contribution in [0.15, 0.2) is 24.5 Å². The maximum absolute atomic E-state index is 15.0. The molecular formula is C27H29F2N5O. The van der Waals surface area contributed by atoms with Crippen molar-refractivity contribution in [3.63, 3.8) is 0 Å². The number of nitrogens with zero attached hydrogens (tertiary/aromatic N) is 4. The molecule has 4 heterocycles. The van der Waals surface area contributed by atoms with Gasteiger partial charge in [0, 0.05) is 36.7 Å². The van der Waals surface area contributed by atoms with Gasteiger partial charge in [0.2, 0.25) is 11.6 Å².